The molecule has 1 atom stereocenters. The molecule has 0 saturated carbocycles. The number of hydrogen-bond donors (Lipinski definition) is 1. The van der Waals surface area contributed by atoms with Crippen molar-refractivity contribution in [2.24, 2.45) is 0 Å². The molecular formula is C12H14ClN3. The molecule has 84 valence electrons. The number of benzene rings is 1. The van der Waals surface area contributed by atoms with Crippen LogP contribution in [0.1, 0.15) is 20.3 Å². The zero-order valence-corrected chi connectivity index (χ0v) is 10.1. The molecule has 2 aromatic rings. The van der Waals surface area contributed by atoms with Gasteiger partial charge in [0, 0.05) is 11.4 Å². The van der Waals surface area contributed by atoms with E-state index in [4.69, 9.17) is 11.6 Å². The highest BCUT2D eigenvalue weighted by molar-refractivity contribution is 6.28. The van der Waals surface area contributed by atoms with E-state index in [2.05, 4.69) is 29.1 Å². The number of hydrogen-bond acceptors (Lipinski definition) is 3. The Hall–Kier alpha value is -1.35. The van der Waals surface area contributed by atoms with Gasteiger partial charge in [-0.05, 0) is 37.1 Å². The number of nitrogens with one attached hydrogen (secondary N) is 1. The van der Waals surface area contributed by atoms with Gasteiger partial charge >= 0.3 is 0 Å². The lowest BCUT2D eigenvalue weighted by atomic mass is 10.2. The summed E-state index contributed by atoms with van der Waals surface area (Å²) in [5.74, 6) is 0.810. The van der Waals surface area contributed by atoms with Gasteiger partial charge in [0.25, 0.3) is 0 Å². The molecule has 1 unspecified atom stereocenters. The second-order valence-corrected chi connectivity index (χ2v) is 4.15. The largest absolute Gasteiger partial charge is 0.367 e. The summed E-state index contributed by atoms with van der Waals surface area (Å²) in [7, 11) is 0. The van der Waals surface area contributed by atoms with Crippen molar-refractivity contribution >= 4 is 28.3 Å². The zero-order chi connectivity index (χ0) is 11.5. The molecule has 3 nitrogen and oxygen atoms in total. The summed E-state index contributed by atoms with van der Waals surface area (Å²) < 4.78 is 0. The quantitative estimate of drug-likeness (QED) is 0.828. The van der Waals surface area contributed by atoms with Gasteiger partial charge in [0.15, 0.2) is 0 Å². The fraction of sp³-hybridized carbons (Fsp3) is 0.333. The lowest BCUT2D eigenvalue weighted by Gasteiger charge is -2.13. The van der Waals surface area contributed by atoms with Crippen LogP contribution in [-0.2, 0) is 0 Å². The Morgan fingerprint density at radius 2 is 2.06 bits per heavy atom. The normalized spacial score (nSPS) is 12.7. The van der Waals surface area contributed by atoms with E-state index in [9.17, 15) is 0 Å². The lowest BCUT2D eigenvalue weighted by molar-refractivity contribution is 0.760. The predicted octanol–water partition coefficient (Wildman–Crippen LogP) is 3.49. The minimum atomic E-state index is 0.282. The smallest absolute Gasteiger partial charge is 0.224 e. The van der Waals surface area contributed by atoms with Crippen molar-refractivity contribution in [3.63, 3.8) is 0 Å². The van der Waals surface area contributed by atoms with Gasteiger partial charge in [0.1, 0.15) is 5.82 Å². The topological polar surface area (TPSA) is 37.8 Å². The van der Waals surface area contributed by atoms with Gasteiger partial charge in [0.05, 0.1) is 5.52 Å². The maximum absolute atomic E-state index is 5.89. The molecule has 2 rings (SSSR count). The molecule has 0 spiro atoms. The van der Waals surface area contributed by atoms with Gasteiger partial charge in [0.2, 0.25) is 5.28 Å². The Morgan fingerprint density at radius 3 is 2.81 bits per heavy atom. The average molecular weight is 236 g/mol. The Morgan fingerprint density at radius 1 is 1.31 bits per heavy atom. The molecule has 0 radical (unpaired) electrons. The van der Waals surface area contributed by atoms with Crippen LogP contribution in [0.15, 0.2) is 24.3 Å². The van der Waals surface area contributed by atoms with Gasteiger partial charge in [-0.1, -0.05) is 19.1 Å². The molecular weight excluding hydrogens is 222 g/mol. The first-order valence-electron chi connectivity index (χ1n) is 5.39. The van der Waals surface area contributed by atoms with E-state index in [1.807, 2.05) is 24.3 Å². The molecule has 0 bridgehead atoms. The molecule has 0 aliphatic rings. The fourth-order valence-corrected chi connectivity index (χ4v) is 1.67. The average Bonchev–Trinajstić information content (AvgIpc) is 2.28. The number of halogens is 1. The number of nitrogens with zero attached hydrogens (tertiary/aromatic N) is 2. The van der Waals surface area contributed by atoms with E-state index in [1.54, 1.807) is 0 Å². The first kappa shape index (κ1) is 11.1. The summed E-state index contributed by atoms with van der Waals surface area (Å²) in [6.45, 7) is 4.24. The maximum Gasteiger partial charge on any atom is 0.224 e. The van der Waals surface area contributed by atoms with Crippen LogP contribution in [0.5, 0.6) is 0 Å². The molecule has 1 N–H and O–H groups in total. The van der Waals surface area contributed by atoms with Gasteiger partial charge < -0.3 is 5.32 Å². The maximum atomic E-state index is 5.89. The highest BCUT2D eigenvalue weighted by atomic mass is 35.5. The molecule has 4 heteroatoms. The van der Waals surface area contributed by atoms with Gasteiger partial charge in [-0.25, -0.2) is 9.97 Å². The predicted molar refractivity (Wildman–Crippen MR) is 67.9 cm³/mol. The number of rotatable bonds is 3. The van der Waals surface area contributed by atoms with Crippen molar-refractivity contribution in [1.29, 1.82) is 0 Å². The van der Waals surface area contributed by atoms with Crippen molar-refractivity contribution in [3.05, 3.63) is 29.5 Å². The van der Waals surface area contributed by atoms with E-state index in [0.29, 0.717) is 6.04 Å². The summed E-state index contributed by atoms with van der Waals surface area (Å²) in [4.78, 5) is 8.42. The Bertz CT molecular complexity index is 499. The third-order valence-electron chi connectivity index (χ3n) is 2.57. The van der Waals surface area contributed by atoms with Crippen molar-refractivity contribution in [2.45, 2.75) is 26.3 Å². The third-order valence-corrected chi connectivity index (χ3v) is 2.74. The summed E-state index contributed by atoms with van der Waals surface area (Å²) in [5, 5.41) is 4.63. The molecule has 0 amide bonds. The minimum absolute atomic E-state index is 0.282. The van der Waals surface area contributed by atoms with Crippen LogP contribution in [0.2, 0.25) is 5.28 Å². The lowest BCUT2D eigenvalue weighted by Crippen LogP contribution is -2.15. The third kappa shape index (κ3) is 2.25. The molecule has 16 heavy (non-hydrogen) atoms. The second-order valence-electron chi connectivity index (χ2n) is 3.81. The van der Waals surface area contributed by atoms with Crippen LogP contribution < -0.4 is 5.32 Å². The second kappa shape index (κ2) is 4.66. The molecule has 0 aliphatic heterocycles. The fourth-order valence-electron chi connectivity index (χ4n) is 1.49. The molecule has 1 heterocycles. The van der Waals surface area contributed by atoms with Crippen molar-refractivity contribution < 1.29 is 0 Å². The van der Waals surface area contributed by atoms with E-state index in [-0.39, 0.29) is 5.28 Å². The summed E-state index contributed by atoms with van der Waals surface area (Å²) in [6.07, 6.45) is 1.04. The van der Waals surface area contributed by atoms with Crippen LogP contribution in [0.3, 0.4) is 0 Å². The van der Waals surface area contributed by atoms with E-state index in [1.165, 1.54) is 0 Å². The number of para-hydroxylation sites is 1. The molecule has 0 saturated heterocycles. The van der Waals surface area contributed by atoms with Crippen LogP contribution in [0.25, 0.3) is 10.9 Å². The molecule has 1 aromatic heterocycles. The van der Waals surface area contributed by atoms with Crippen LogP contribution in [-0.4, -0.2) is 16.0 Å². The van der Waals surface area contributed by atoms with Crippen LogP contribution >= 0.6 is 11.6 Å². The van der Waals surface area contributed by atoms with Crippen LogP contribution in [0, 0.1) is 0 Å². The molecule has 0 fully saturated rings. The molecule has 0 aliphatic carbocycles. The van der Waals surface area contributed by atoms with Crippen molar-refractivity contribution in [2.75, 3.05) is 5.32 Å². The highest BCUT2D eigenvalue weighted by Crippen LogP contribution is 2.22. The first-order chi connectivity index (χ1) is 7.70. The van der Waals surface area contributed by atoms with Gasteiger partial charge in [-0.2, -0.15) is 0 Å². The highest BCUT2D eigenvalue weighted by Gasteiger charge is 2.07. The van der Waals surface area contributed by atoms with E-state index < -0.39 is 0 Å². The Kier molecular flexibility index (Phi) is 3.25. The summed E-state index contributed by atoms with van der Waals surface area (Å²) >= 11 is 5.89. The Labute approximate surface area is 99.9 Å². The van der Waals surface area contributed by atoms with E-state index >= 15 is 0 Å². The van der Waals surface area contributed by atoms with Crippen molar-refractivity contribution in [1.82, 2.24) is 9.97 Å². The molecule has 1 aromatic carbocycles. The SMILES string of the molecule is CCC(C)Nc1nc(Cl)nc2ccccc12. The van der Waals surface area contributed by atoms with Gasteiger partial charge in [-0.15, -0.1) is 0 Å². The monoisotopic (exact) mass is 235 g/mol. The number of fused-ring (bicyclic) bond motifs is 1. The summed E-state index contributed by atoms with van der Waals surface area (Å²) in [5.41, 5.74) is 0.869. The first-order valence-corrected chi connectivity index (χ1v) is 5.77. The Balaban J connectivity index is 2.50. The van der Waals surface area contributed by atoms with Crippen molar-refractivity contribution in [3.8, 4) is 0 Å². The number of aromatic nitrogens is 2. The summed E-state index contributed by atoms with van der Waals surface area (Å²) in [6, 6.07) is 8.22. The number of anilines is 1. The van der Waals surface area contributed by atoms with Gasteiger partial charge in [-0.3, -0.25) is 0 Å². The standard InChI is InChI=1S/C12H14ClN3/c1-3-8(2)14-11-9-6-4-5-7-10(9)15-12(13)16-11/h4-8H,3H2,1-2H3,(H,14,15,16). The van der Waals surface area contributed by atoms with Crippen LogP contribution in [0.4, 0.5) is 5.82 Å². The minimum Gasteiger partial charge on any atom is -0.367 e. The zero-order valence-electron chi connectivity index (χ0n) is 9.37. The van der Waals surface area contributed by atoms with E-state index in [0.717, 1.165) is 23.1 Å².